The van der Waals surface area contributed by atoms with E-state index in [0.29, 0.717) is 36.5 Å². The van der Waals surface area contributed by atoms with Gasteiger partial charge in [0.05, 0.1) is 6.10 Å². The Balaban J connectivity index is 1.78. The lowest BCUT2D eigenvalue weighted by molar-refractivity contribution is -0.132. The van der Waals surface area contributed by atoms with Crippen LogP contribution in [-0.4, -0.2) is 41.5 Å². The van der Waals surface area contributed by atoms with Gasteiger partial charge in [0.2, 0.25) is 11.8 Å². The van der Waals surface area contributed by atoms with Crippen molar-refractivity contribution in [3.05, 3.63) is 47.5 Å². The van der Waals surface area contributed by atoms with Gasteiger partial charge < -0.3 is 15.3 Å². The Hall–Kier alpha value is -1.85. The topological polar surface area (TPSA) is 69.6 Å². The Bertz CT molecular complexity index is 566. The molecule has 0 spiro atoms. The molecule has 1 heterocycles. The van der Waals surface area contributed by atoms with Crippen molar-refractivity contribution in [2.24, 2.45) is 5.92 Å². The predicted octanol–water partition coefficient (Wildman–Crippen LogP) is 1.91. The molecule has 0 aromatic heterocycles. The minimum absolute atomic E-state index is 0.0799. The maximum atomic E-state index is 12.2. The highest BCUT2D eigenvalue weighted by atomic mass is 35.5. The van der Waals surface area contributed by atoms with Gasteiger partial charge in [-0.05, 0) is 36.6 Å². The normalized spacial score (nSPS) is 16.7. The summed E-state index contributed by atoms with van der Waals surface area (Å²) in [5.41, 5.74) is 0.709. The third-order valence-electron chi connectivity index (χ3n) is 4.08. The van der Waals surface area contributed by atoms with Crippen molar-refractivity contribution in [1.29, 1.82) is 0 Å². The smallest absolute Gasteiger partial charge is 0.245 e. The number of nitrogens with zero attached hydrogens (tertiary/aromatic N) is 1. The van der Waals surface area contributed by atoms with Gasteiger partial charge in [0.1, 0.15) is 0 Å². The molecule has 2 amide bonds. The van der Waals surface area contributed by atoms with E-state index in [-0.39, 0.29) is 24.3 Å². The van der Waals surface area contributed by atoms with Gasteiger partial charge in [-0.1, -0.05) is 30.3 Å². The average Bonchev–Trinajstić information content (AvgIpc) is 2.59. The van der Waals surface area contributed by atoms with E-state index in [9.17, 15) is 14.7 Å². The van der Waals surface area contributed by atoms with Crippen LogP contribution in [0.15, 0.2) is 36.9 Å². The lowest BCUT2D eigenvalue weighted by Gasteiger charge is -2.30. The van der Waals surface area contributed by atoms with E-state index in [2.05, 4.69) is 11.9 Å². The molecule has 0 saturated carbocycles. The van der Waals surface area contributed by atoms with Crippen LogP contribution in [0, 0.1) is 5.92 Å². The monoisotopic (exact) mass is 336 g/mol. The number of hydrogen-bond donors (Lipinski definition) is 2. The summed E-state index contributed by atoms with van der Waals surface area (Å²) < 4.78 is 0. The van der Waals surface area contributed by atoms with Crippen LogP contribution in [0.2, 0.25) is 5.02 Å². The van der Waals surface area contributed by atoms with Gasteiger partial charge in [-0.3, -0.25) is 9.59 Å². The Morgan fingerprint density at radius 2 is 1.96 bits per heavy atom. The molecule has 0 radical (unpaired) electrons. The van der Waals surface area contributed by atoms with Crippen LogP contribution < -0.4 is 5.32 Å². The number of aliphatic hydroxyl groups excluding tert-OH is 1. The summed E-state index contributed by atoms with van der Waals surface area (Å²) in [5.74, 6) is -0.299. The fourth-order valence-electron chi connectivity index (χ4n) is 2.64. The number of likely N-dealkylation sites (tertiary alicyclic amines) is 1. The summed E-state index contributed by atoms with van der Waals surface area (Å²) in [6, 6.07) is 6.87. The first-order chi connectivity index (χ1) is 11.0. The second kappa shape index (κ2) is 8.13. The molecule has 0 bridgehead atoms. The highest BCUT2D eigenvalue weighted by Gasteiger charge is 2.26. The van der Waals surface area contributed by atoms with E-state index in [1.807, 2.05) is 0 Å². The van der Waals surface area contributed by atoms with Crippen LogP contribution >= 0.6 is 11.6 Å². The first-order valence-electron chi connectivity index (χ1n) is 7.64. The molecule has 2 N–H and O–H groups in total. The number of aliphatic hydroxyl groups is 1. The zero-order chi connectivity index (χ0) is 16.8. The van der Waals surface area contributed by atoms with Gasteiger partial charge in [0.15, 0.2) is 0 Å². The van der Waals surface area contributed by atoms with Crippen molar-refractivity contribution in [2.45, 2.75) is 18.9 Å². The molecule has 1 fully saturated rings. The molecule has 1 saturated heterocycles. The second-order valence-electron chi connectivity index (χ2n) is 5.62. The van der Waals surface area contributed by atoms with Crippen LogP contribution in [-0.2, 0) is 9.59 Å². The number of carbonyl (C=O) groups is 2. The minimum Gasteiger partial charge on any atom is -0.387 e. The van der Waals surface area contributed by atoms with Crippen LogP contribution in [0.4, 0.5) is 0 Å². The molecule has 1 aliphatic rings. The highest BCUT2D eigenvalue weighted by molar-refractivity contribution is 6.30. The standard InChI is InChI=1S/C17H21ClN2O3/c1-2-16(22)20-9-7-13(8-10-20)17(23)19-11-15(21)12-3-5-14(18)6-4-12/h2-6,13,15,21H,1,7-11H2,(H,19,23)/t15-/m0/s1. The summed E-state index contributed by atoms with van der Waals surface area (Å²) in [6.45, 7) is 4.74. The molecular weight excluding hydrogens is 316 g/mol. The van der Waals surface area contributed by atoms with Crippen molar-refractivity contribution in [3.8, 4) is 0 Å². The SMILES string of the molecule is C=CC(=O)N1CCC(C(=O)NC[C@H](O)c2ccc(Cl)cc2)CC1. The summed E-state index contributed by atoms with van der Waals surface area (Å²) in [6.07, 6.45) is 1.78. The number of amides is 2. The number of nitrogens with one attached hydrogen (secondary N) is 1. The molecule has 124 valence electrons. The molecule has 1 aromatic carbocycles. The first kappa shape index (κ1) is 17.5. The number of piperidine rings is 1. The fraction of sp³-hybridized carbons (Fsp3) is 0.412. The lowest BCUT2D eigenvalue weighted by atomic mass is 9.95. The van der Waals surface area contributed by atoms with Crippen LogP contribution in [0.1, 0.15) is 24.5 Å². The number of carbonyl (C=O) groups excluding carboxylic acids is 2. The zero-order valence-electron chi connectivity index (χ0n) is 12.9. The average molecular weight is 337 g/mol. The van der Waals surface area contributed by atoms with Crippen molar-refractivity contribution >= 4 is 23.4 Å². The summed E-state index contributed by atoms with van der Waals surface area (Å²) in [5, 5.41) is 13.5. The molecule has 0 aliphatic carbocycles. The third-order valence-corrected chi connectivity index (χ3v) is 4.33. The lowest BCUT2D eigenvalue weighted by Crippen LogP contribution is -2.43. The van der Waals surface area contributed by atoms with Gasteiger partial charge >= 0.3 is 0 Å². The number of rotatable bonds is 5. The largest absolute Gasteiger partial charge is 0.387 e. The van der Waals surface area contributed by atoms with E-state index in [1.165, 1.54) is 6.08 Å². The van der Waals surface area contributed by atoms with Crippen molar-refractivity contribution in [2.75, 3.05) is 19.6 Å². The van der Waals surface area contributed by atoms with Gasteiger partial charge in [0.25, 0.3) is 0 Å². The molecule has 23 heavy (non-hydrogen) atoms. The van der Waals surface area contributed by atoms with Crippen LogP contribution in [0.5, 0.6) is 0 Å². The molecule has 5 nitrogen and oxygen atoms in total. The van der Waals surface area contributed by atoms with Crippen LogP contribution in [0.3, 0.4) is 0 Å². The summed E-state index contributed by atoms with van der Waals surface area (Å²) in [7, 11) is 0. The summed E-state index contributed by atoms with van der Waals surface area (Å²) >= 11 is 5.80. The molecule has 1 aliphatic heterocycles. The number of halogens is 1. The summed E-state index contributed by atoms with van der Waals surface area (Å²) in [4.78, 5) is 25.4. The molecule has 2 rings (SSSR count). The number of hydrogen-bond acceptors (Lipinski definition) is 3. The second-order valence-corrected chi connectivity index (χ2v) is 6.05. The molecule has 1 atom stereocenters. The molecule has 6 heteroatoms. The Morgan fingerprint density at radius 3 is 2.52 bits per heavy atom. The first-order valence-corrected chi connectivity index (χ1v) is 8.01. The molecule has 1 aromatic rings. The maximum Gasteiger partial charge on any atom is 0.245 e. The Kier molecular flexibility index (Phi) is 6.19. The van der Waals surface area contributed by atoms with Crippen molar-refractivity contribution < 1.29 is 14.7 Å². The van der Waals surface area contributed by atoms with E-state index in [0.717, 1.165) is 0 Å². The van der Waals surface area contributed by atoms with E-state index >= 15 is 0 Å². The van der Waals surface area contributed by atoms with E-state index in [4.69, 9.17) is 11.6 Å². The van der Waals surface area contributed by atoms with Crippen molar-refractivity contribution in [3.63, 3.8) is 0 Å². The van der Waals surface area contributed by atoms with E-state index in [1.54, 1.807) is 29.2 Å². The van der Waals surface area contributed by atoms with Gasteiger partial charge in [-0.2, -0.15) is 0 Å². The molecular formula is C17H21ClN2O3. The van der Waals surface area contributed by atoms with Gasteiger partial charge in [0, 0.05) is 30.6 Å². The zero-order valence-corrected chi connectivity index (χ0v) is 13.6. The number of benzene rings is 1. The minimum atomic E-state index is -0.765. The highest BCUT2D eigenvalue weighted by Crippen LogP contribution is 2.19. The fourth-order valence-corrected chi connectivity index (χ4v) is 2.76. The Morgan fingerprint density at radius 1 is 1.35 bits per heavy atom. The predicted molar refractivity (Wildman–Crippen MR) is 88.9 cm³/mol. The third kappa shape index (κ3) is 4.81. The van der Waals surface area contributed by atoms with Gasteiger partial charge in [-0.15, -0.1) is 0 Å². The van der Waals surface area contributed by atoms with Crippen molar-refractivity contribution in [1.82, 2.24) is 10.2 Å². The van der Waals surface area contributed by atoms with Gasteiger partial charge in [-0.25, -0.2) is 0 Å². The Labute approximate surface area is 140 Å². The molecule has 0 unspecified atom stereocenters. The van der Waals surface area contributed by atoms with E-state index < -0.39 is 6.10 Å². The maximum absolute atomic E-state index is 12.2. The quantitative estimate of drug-likeness (QED) is 0.807. The van der Waals surface area contributed by atoms with Crippen LogP contribution in [0.25, 0.3) is 0 Å².